The van der Waals surface area contributed by atoms with Gasteiger partial charge in [-0.2, -0.15) is 0 Å². The summed E-state index contributed by atoms with van der Waals surface area (Å²) in [7, 11) is 0. The molecule has 1 saturated heterocycles. The molecule has 3 aliphatic rings. The smallest absolute Gasteiger partial charge is 0.106 e. The number of nitrogens with zero attached hydrogens (tertiary/aromatic N) is 1. The molecule has 0 aromatic carbocycles. The van der Waals surface area contributed by atoms with Crippen molar-refractivity contribution in [2.75, 3.05) is 32.8 Å². The van der Waals surface area contributed by atoms with Gasteiger partial charge in [0, 0.05) is 36.9 Å². The number of hydrogen-bond acceptors (Lipinski definition) is 4. The highest BCUT2D eigenvalue weighted by Gasteiger charge is 2.27. The maximum atomic E-state index is 9.87. The molecule has 0 bridgehead atoms. The van der Waals surface area contributed by atoms with Crippen LogP contribution < -0.4 is 10.6 Å². The minimum Gasteiger partial charge on any atom is -0.392 e. The number of nitrogens with one attached hydrogen (secondary N) is 2. The van der Waals surface area contributed by atoms with Crippen LogP contribution in [0.5, 0.6) is 0 Å². The lowest BCUT2D eigenvalue weighted by molar-refractivity contribution is 0.182. The van der Waals surface area contributed by atoms with E-state index in [2.05, 4.69) is 62.7 Å². The van der Waals surface area contributed by atoms with Crippen LogP contribution in [-0.2, 0) is 0 Å². The third-order valence-corrected chi connectivity index (χ3v) is 4.94. The number of aliphatic hydroxyl groups is 1. The van der Waals surface area contributed by atoms with E-state index in [-0.39, 0.29) is 12.8 Å². The molecule has 3 N–H and O–H groups in total. The van der Waals surface area contributed by atoms with E-state index in [1.54, 1.807) is 0 Å². The zero-order valence-electron chi connectivity index (χ0n) is 13.5. The highest BCUT2D eigenvalue weighted by atomic mass is 79.9. The highest BCUT2D eigenvalue weighted by molar-refractivity contribution is 9.11. The van der Waals surface area contributed by atoms with Gasteiger partial charge in [-0.15, -0.1) is 0 Å². The molecule has 0 aromatic rings. The first-order chi connectivity index (χ1) is 11.2. The number of allylic oxidation sites excluding steroid dienone is 5. The van der Waals surface area contributed by atoms with Gasteiger partial charge in [0.15, 0.2) is 0 Å². The Bertz CT molecular complexity index is 610. The molecule has 1 atom stereocenters. The summed E-state index contributed by atoms with van der Waals surface area (Å²) in [5.74, 6) is 0. The first kappa shape index (κ1) is 16.7. The van der Waals surface area contributed by atoms with E-state index in [4.69, 9.17) is 0 Å². The van der Waals surface area contributed by atoms with Crippen molar-refractivity contribution in [3.63, 3.8) is 0 Å². The first-order valence-electron chi connectivity index (χ1n) is 8.15. The van der Waals surface area contributed by atoms with Crippen molar-refractivity contribution in [3.8, 4) is 0 Å². The minimum absolute atomic E-state index is 0.0707. The van der Waals surface area contributed by atoms with E-state index in [0.29, 0.717) is 0 Å². The fourth-order valence-corrected chi connectivity index (χ4v) is 3.88. The second-order valence-electron chi connectivity index (χ2n) is 6.14. The molecule has 4 nitrogen and oxygen atoms in total. The lowest BCUT2D eigenvalue weighted by Crippen LogP contribution is -2.53. The van der Waals surface area contributed by atoms with E-state index in [1.807, 2.05) is 6.20 Å². The Hall–Kier alpha value is -1.14. The van der Waals surface area contributed by atoms with Crippen molar-refractivity contribution in [3.05, 3.63) is 57.3 Å². The van der Waals surface area contributed by atoms with Crippen LogP contribution >= 0.6 is 15.9 Å². The summed E-state index contributed by atoms with van der Waals surface area (Å²) < 4.78 is 1.01. The summed E-state index contributed by atoms with van der Waals surface area (Å²) >= 11 is 3.61. The third kappa shape index (κ3) is 3.86. The van der Waals surface area contributed by atoms with Gasteiger partial charge in [-0.25, -0.2) is 0 Å². The van der Waals surface area contributed by atoms with Gasteiger partial charge in [0.05, 0.1) is 6.61 Å². The zero-order chi connectivity index (χ0) is 16.2. The lowest BCUT2D eigenvalue weighted by atomic mass is 9.97. The van der Waals surface area contributed by atoms with Crippen molar-refractivity contribution in [1.29, 1.82) is 0 Å². The van der Waals surface area contributed by atoms with Crippen molar-refractivity contribution < 1.29 is 5.11 Å². The van der Waals surface area contributed by atoms with Gasteiger partial charge in [0.25, 0.3) is 0 Å². The molecule has 0 amide bonds. The zero-order valence-corrected chi connectivity index (χ0v) is 15.1. The van der Waals surface area contributed by atoms with Crippen LogP contribution in [-0.4, -0.2) is 49.0 Å². The lowest BCUT2D eigenvalue weighted by Gasteiger charge is -2.36. The predicted octanol–water partition coefficient (Wildman–Crippen LogP) is 2.18. The van der Waals surface area contributed by atoms with Crippen LogP contribution in [0.2, 0.25) is 0 Å². The molecule has 124 valence electrons. The quantitative estimate of drug-likeness (QED) is 0.690. The molecule has 0 radical (unpaired) electrons. The monoisotopic (exact) mass is 377 g/mol. The molecule has 1 aliphatic carbocycles. The van der Waals surface area contributed by atoms with E-state index in [9.17, 15) is 5.11 Å². The molecule has 0 saturated carbocycles. The summed E-state index contributed by atoms with van der Waals surface area (Å²) in [6.07, 6.45) is 11.6. The van der Waals surface area contributed by atoms with Crippen LogP contribution in [0.3, 0.4) is 0 Å². The Balaban J connectivity index is 2.03. The Morgan fingerprint density at radius 1 is 1.30 bits per heavy atom. The van der Waals surface area contributed by atoms with Crippen LogP contribution in [0.15, 0.2) is 57.3 Å². The third-order valence-electron chi connectivity index (χ3n) is 4.48. The second-order valence-corrected chi connectivity index (χ2v) is 7.06. The van der Waals surface area contributed by atoms with E-state index in [0.717, 1.165) is 48.2 Å². The Morgan fingerprint density at radius 2 is 2.09 bits per heavy atom. The fourth-order valence-electron chi connectivity index (χ4n) is 3.39. The van der Waals surface area contributed by atoms with E-state index >= 15 is 0 Å². The Labute approximate surface area is 146 Å². The van der Waals surface area contributed by atoms with Gasteiger partial charge < -0.3 is 15.7 Å². The van der Waals surface area contributed by atoms with E-state index in [1.165, 1.54) is 11.1 Å². The summed E-state index contributed by atoms with van der Waals surface area (Å²) in [4.78, 5) is 2.46. The number of aliphatic hydroxyl groups excluding tert-OH is 1. The van der Waals surface area contributed by atoms with Crippen LogP contribution in [0.4, 0.5) is 0 Å². The molecule has 23 heavy (non-hydrogen) atoms. The van der Waals surface area contributed by atoms with Gasteiger partial charge in [-0.3, -0.25) is 4.90 Å². The average molecular weight is 378 g/mol. The molecule has 3 rings (SSSR count). The molecular weight excluding hydrogens is 354 g/mol. The summed E-state index contributed by atoms with van der Waals surface area (Å²) in [5, 5.41) is 16.9. The molecule has 2 aliphatic heterocycles. The molecular formula is C18H24BrN3O. The molecule has 0 spiro atoms. The number of rotatable bonds is 2. The van der Waals surface area contributed by atoms with Crippen molar-refractivity contribution in [2.45, 2.75) is 19.5 Å². The topological polar surface area (TPSA) is 47.5 Å². The van der Waals surface area contributed by atoms with Crippen molar-refractivity contribution in [2.24, 2.45) is 0 Å². The van der Waals surface area contributed by atoms with Gasteiger partial charge in [-0.05, 0) is 57.6 Å². The normalized spacial score (nSPS) is 33.0. The second kappa shape index (κ2) is 7.62. The maximum Gasteiger partial charge on any atom is 0.106 e. The highest BCUT2D eigenvalue weighted by Crippen LogP contribution is 2.31. The Morgan fingerprint density at radius 3 is 2.83 bits per heavy atom. The van der Waals surface area contributed by atoms with Crippen LogP contribution in [0, 0.1) is 0 Å². The van der Waals surface area contributed by atoms with Crippen molar-refractivity contribution in [1.82, 2.24) is 15.5 Å². The summed E-state index contributed by atoms with van der Waals surface area (Å²) in [6, 6.07) is 0. The molecule has 2 heterocycles. The number of piperazine rings is 1. The van der Waals surface area contributed by atoms with Crippen molar-refractivity contribution >= 4 is 15.9 Å². The van der Waals surface area contributed by atoms with E-state index < -0.39 is 0 Å². The molecule has 1 fully saturated rings. The van der Waals surface area contributed by atoms with Crippen LogP contribution in [0.25, 0.3) is 0 Å². The summed E-state index contributed by atoms with van der Waals surface area (Å²) in [6.45, 7) is 6.18. The largest absolute Gasteiger partial charge is 0.392 e. The number of halogens is 1. The van der Waals surface area contributed by atoms with Gasteiger partial charge in [0.2, 0.25) is 0 Å². The SMILES string of the molecule is CC1=C\C(Br)=C/NC(N2CCNCC2)C2=C(CC=C2)/C(CO)=C\1. The molecule has 0 aromatic heterocycles. The fraction of sp³-hybridized carbons (Fsp3) is 0.444. The van der Waals surface area contributed by atoms with Gasteiger partial charge in [0.1, 0.15) is 6.17 Å². The average Bonchev–Trinajstić information content (AvgIpc) is 3.02. The summed E-state index contributed by atoms with van der Waals surface area (Å²) in [5.41, 5.74) is 4.67. The molecule has 1 unspecified atom stereocenters. The molecule has 5 heteroatoms. The Kier molecular flexibility index (Phi) is 5.54. The van der Waals surface area contributed by atoms with Gasteiger partial charge >= 0.3 is 0 Å². The predicted molar refractivity (Wildman–Crippen MR) is 98.1 cm³/mol. The maximum absolute atomic E-state index is 9.87. The first-order valence-corrected chi connectivity index (χ1v) is 8.94. The standard InChI is InChI=1S/C18H24BrN3O/c1-13-9-14(12-23)16-3-2-4-17(16)18(21-11-15(19)10-13)22-7-5-20-6-8-22/h2,4,9-11,18,20-21,23H,3,5-8,12H2,1H3/b13-10+,14-9-,15-11+. The minimum atomic E-state index is 0.0707. The van der Waals surface area contributed by atoms with Crippen LogP contribution in [0.1, 0.15) is 13.3 Å². The van der Waals surface area contributed by atoms with Gasteiger partial charge in [-0.1, -0.05) is 18.2 Å². The number of hydrogen-bond donors (Lipinski definition) is 3.